The lowest BCUT2D eigenvalue weighted by Crippen LogP contribution is -2.20. The maximum Gasteiger partial charge on any atom is 0.323 e. The summed E-state index contributed by atoms with van der Waals surface area (Å²) < 4.78 is 3.23. The van der Waals surface area contributed by atoms with E-state index in [1.54, 1.807) is 24.3 Å². The Hall–Kier alpha value is -2.90. The van der Waals surface area contributed by atoms with Crippen molar-refractivity contribution in [2.75, 3.05) is 10.6 Å². The number of fused-ring (bicyclic) bond motifs is 1. The molecule has 170 valence electrons. The molecule has 0 spiro atoms. The van der Waals surface area contributed by atoms with Gasteiger partial charge < -0.3 is 15.2 Å². The van der Waals surface area contributed by atoms with Gasteiger partial charge in [-0.05, 0) is 61.4 Å². The smallest absolute Gasteiger partial charge is 0.308 e. The number of hydrogen-bond donors (Lipinski definition) is 2. The number of unbranched alkanes of at least 4 members (excludes halogenated alkanes) is 1. The highest BCUT2D eigenvalue weighted by atomic mass is 79.9. The summed E-state index contributed by atoms with van der Waals surface area (Å²) in [6, 6.07) is 16.8. The van der Waals surface area contributed by atoms with E-state index in [1.807, 2.05) is 25.1 Å². The zero-order chi connectivity index (χ0) is 23.4. The first-order valence-corrected chi connectivity index (χ1v) is 12.0. The fourth-order valence-electron chi connectivity index (χ4n) is 3.59. The molecular weight excluding hydrogens is 502 g/mol. The second-order valence-corrected chi connectivity index (χ2v) is 9.25. The number of benzene rings is 2. The SMILES string of the molecule is CCCCc1nc2cc(NC(=O)Nc3ccc(Cl)cc3)c(C)nc2n1Cc1ccc(Br)cc1. The summed E-state index contributed by atoms with van der Waals surface area (Å²) in [5.41, 5.74) is 4.79. The van der Waals surface area contributed by atoms with Crippen molar-refractivity contribution in [2.45, 2.75) is 39.7 Å². The summed E-state index contributed by atoms with van der Waals surface area (Å²) in [6.45, 7) is 4.75. The Bertz CT molecular complexity index is 1270. The Kier molecular flexibility index (Phi) is 7.30. The summed E-state index contributed by atoms with van der Waals surface area (Å²) in [4.78, 5) is 22.2. The fraction of sp³-hybridized carbons (Fsp3) is 0.240. The van der Waals surface area contributed by atoms with E-state index in [0.717, 1.165) is 46.4 Å². The number of anilines is 2. The van der Waals surface area contributed by atoms with Gasteiger partial charge in [-0.15, -0.1) is 0 Å². The lowest BCUT2D eigenvalue weighted by Gasteiger charge is -2.11. The lowest BCUT2D eigenvalue weighted by atomic mass is 10.2. The molecule has 0 atom stereocenters. The number of aromatic nitrogens is 3. The lowest BCUT2D eigenvalue weighted by molar-refractivity contribution is 0.262. The van der Waals surface area contributed by atoms with E-state index in [9.17, 15) is 4.79 Å². The normalized spacial score (nSPS) is 11.0. The number of rotatable bonds is 7. The van der Waals surface area contributed by atoms with Gasteiger partial charge in [0, 0.05) is 21.6 Å². The Morgan fingerprint density at radius 2 is 1.79 bits per heavy atom. The van der Waals surface area contributed by atoms with E-state index in [-0.39, 0.29) is 6.03 Å². The van der Waals surface area contributed by atoms with Crippen LogP contribution in [0.3, 0.4) is 0 Å². The molecule has 0 radical (unpaired) electrons. The van der Waals surface area contributed by atoms with Crippen molar-refractivity contribution in [3.05, 3.63) is 81.2 Å². The van der Waals surface area contributed by atoms with Crippen LogP contribution in [0.4, 0.5) is 16.2 Å². The standard InChI is InChI=1S/C25H25BrClN5O/c1-3-4-5-23-30-22-14-21(31-25(33)29-20-12-10-19(27)11-13-20)16(2)28-24(22)32(23)15-17-6-8-18(26)9-7-17/h6-14H,3-5,15H2,1-2H3,(H2,29,31,33). The molecule has 0 fully saturated rings. The van der Waals surface area contributed by atoms with Gasteiger partial charge in [0.2, 0.25) is 0 Å². The first kappa shape index (κ1) is 23.3. The Morgan fingerprint density at radius 3 is 2.48 bits per heavy atom. The molecule has 4 aromatic rings. The molecule has 0 saturated carbocycles. The average molecular weight is 527 g/mol. The number of imidazole rings is 1. The monoisotopic (exact) mass is 525 g/mol. The van der Waals surface area contributed by atoms with Gasteiger partial charge in [-0.1, -0.05) is 53.0 Å². The minimum atomic E-state index is -0.345. The molecule has 0 saturated heterocycles. The Labute approximate surface area is 206 Å². The number of carbonyl (C=O) groups is 1. The number of pyridine rings is 1. The molecule has 0 aliphatic heterocycles. The molecule has 8 heteroatoms. The summed E-state index contributed by atoms with van der Waals surface area (Å²) in [5, 5.41) is 6.32. The largest absolute Gasteiger partial charge is 0.323 e. The molecule has 0 unspecified atom stereocenters. The minimum Gasteiger partial charge on any atom is -0.308 e. The number of amides is 2. The van der Waals surface area contributed by atoms with Crippen LogP contribution in [0, 0.1) is 6.92 Å². The quantitative estimate of drug-likeness (QED) is 0.268. The molecule has 0 aliphatic carbocycles. The van der Waals surface area contributed by atoms with E-state index < -0.39 is 0 Å². The van der Waals surface area contributed by atoms with Gasteiger partial charge in [0.05, 0.1) is 17.9 Å². The number of hydrogen-bond acceptors (Lipinski definition) is 3. The highest BCUT2D eigenvalue weighted by Gasteiger charge is 2.16. The third-order valence-corrected chi connectivity index (χ3v) is 6.13. The van der Waals surface area contributed by atoms with Gasteiger partial charge in [0.25, 0.3) is 0 Å². The van der Waals surface area contributed by atoms with E-state index in [2.05, 4.69) is 50.2 Å². The predicted molar refractivity (Wildman–Crippen MR) is 138 cm³/mol. The van der Waals surface area contributed by atoms with Gasteiger partial charge >= 0.3 is 6.03 Å². The molecule has 2 heterocycles. The van der Waals surface area contributed by atoms with Crippen molar-refractivity contribution in [1.29, 1.82) is 0 Å². The third kappa shape index (κ3) is 5.72. The van der Waals surface area contributed by atoms with Crippen LogP contribution in [0.2, 0.25) is 5.02 Å². The van der Waals surface area contributed by atoms with Crippen molar-refractivity contribution in [3.8, 4) is 0 Å². The van der Waals surface area contributed by atoms with Crippen LogP contribution in [0.1, 0.15) is 36.8 Å². The van der Waals surface area contributed by atoms with E-state index >= 15 is 0 Å². The van der Waals surface area contributed by atoms with Crippen molar-refractivity contribution in [2.24, 2.45) is 0 Å². The van der Waals surface area contributed by atoms with Gasteiger partial charge in [-0.25, -0.2) is 14.8 Å². The summed E-state index contributed by atoms with van der Waals surface area (Å²) in [7, 11) is 0. The predicted octanol–water partition coefficient (Wildman–Crippen LogP) is 7.19. The number of aryl methyl sites for hydroxylation is 2. The van der Waals surface area contributed by atoms with Crippen LogP contribution >= 0.6 is 27.5 Å². The van der Waals surface area contributed by atoms with Crippen LogP contribution in [-0.4, -0.2) is 20.6 Å². The third-order valence-electron chi connectivity index (χ3n) is 5.35. The van der Waals surface area contributed by atoms with Gasteiger partial charge in [0.1, 0.15) is 11.3 Å². The van der Waals surface area contributed by atoms with Gasteiger partial charge in [0.15, 0.2) is 5.65 Å². The second-order valence-electron chi connectivity index (χ2n) is 7.89. The molecule has 0 aliphatic rings. The zero-order valence-corrected chi connectivity index (χ0v) is 20.9. The molecule has 4 rings (SSSR count). The number of nitrogens with one attached hydrogen (secondary N) is 2. The van der Waals surface area contributed by atoms with Crippen molar-refractivity contribution < 1.29 is 4.79 Å². The van der Waals surface area contributed by atoms with Gasteiger partial charge in [-0.3, -0.25) is 0 Å². The Balaban J connectivity index is 1.62. The summed E-state index contributed by atoms with van der Waals surface area (Å²) in [6.07, 6.45) is 3.02. The zero-order valence-electron chi connectivity index (χ0n) is 18.5. The molecule has 0 bridgehead atoms. The minimum absolute atomic E-state index is 0.345. The number of urea groups is 1. The van der Waals surface area contributed by atoms with Crippen LogP contribution < -0.4 is 10.6 Å². The summed E-state index contributed by atoms with van der Waals surface area (Å²) in [5.74, 6) is 1.00. The molecular formula is C25H25BrClN5O. The summed E-state index contributed by atoms with van der Waals surface area (Å²) >= 11 is 9.41. The first-order valence-electron chi connectivity index (χ1n) is 10.9. The van der Waals surface area contributed by atoms with Crippen LogP contribution in [0.5, 0.6) is 0 Å². The topological polar surface area (TPSA) is 71.8 Å². The van der Waals surface area contributed by atoms with Crippen molar-refractivity contribution >= 4 is 56.1 Å². The van der Waals surface area contributed by atoms with Crippen LogP contribution in [0.15, 0.2) is 59.1 Å². The molecule has 33 heavy (non-hydrogen) atoms. The fourth-order valence-corrected chi connectivity index (χ4v) is 3.98. The number of carbonyl (C=O) groups excluding carboxylic acids is 1. The molecule has 6 nitrogen and oxygen atoms in total. The molecule has 2 amide bonds. The average Bonchev–Trinajstić information content (AvgIpc) is 3.11. The number of nitrogens with zero attached hydrogens (tertiary/aromatic N) is 3. The highest BCUT2D eigenvalue weighted by molar-refractivity contribution is 9.10. The van der Waals surface area contributed by atoms with E-state index in [1.165, 1.54) is 5.56 Å². The van der Waals surface area contributed by atoms with E-state index in [4.69, 9.17) is 21.6 Å². The van der Waals surface area contributed by atoms with Crippen LogP contribution in [-0.2, 0) is 13.0 Å². The molecule has 2 aromatic carbocycles. The highest BCUT2D eigenvalue weighted by Crippen LogP contribution is 2.24. The Morgan fingerprint density at radius 1 is 1.06 bits per heavy atom. The maximum absolute atomic E-state index is 12.5. The van der Waals surface area contributed by atoms with Gasteiger partial charge in [-0.2, -0.15) is 0 Å². The van der Waals surface area contributed by atoms with Crippen molar-refractivity contribution in [1.82, 2.24) is 14.5 Å². The maximum atomic E-state index is 12.5. The van der Waals surface area contributed by atoms with Crippen LogP contribution in [0.25, 0.3) is 11.2 Å². The number of halogens is 2. The molecule has 2 N–H and O–H groups in total. The van der Waals surface area contributed by atoms with E-state index in [0.29, 0.717) is 22.9 Å². The second kappa shape index (κ2) is 10.4. The van der Waals surface area contributed by atoms with Crippen molar-refractivity contribution in [3.63, 3.8) is 0 Å². The molecule has 2 aromatic heterocycles. The first-order chi connectivity index (χ1) is 15.9.